The van der Waals surface area contributed by atoms with E-state index in [1.807, 2.05) is 30.3 Å². The summed E-state index contributed by atoms with van der Waals surface area (Å²) in [5.74, 6) is -2.35. The molecule has 0 aromatic heterocycles. The molecule has 0 spiro atoms. The van der Waals surface area contributed by atoms with E-state index in [1.165, 1.54) is 11.1 Å². The number of amides is 4. The number of ether oxygens (including phenoxy) is 10. The fraction of sp³-hybridized carbons (Fsp3) is 0.660. The Kier molecular flexibility index (Phi) is 39.0. The van der Waals surface area contributed by atoms with Crippen molar-refractivity contribution in [3.63, 3.8) is 0 Å². The van der Waals surface area contributed by atoms with Crippen LogP contribution in [-0.4, -0.2) is 182 Å². The molecule has 2 aromatic carbocycles. The maximum Gasteiger partial charge on any atom is 0.332 e. The van der Waals surface area contributed by atoms with Crippen LogP contribution in [0.3, 0.4) is 0 Å². The second kappa shape index (κ2) is 44.3. The highest BCUT2D eigenvalue weighted by Crippen LogP contribution is 2.11. The van der Waals surface area contributed by atoms with Gasteiger partial charge in [0.15, 0.2) is 0 Å². The topological polar surface area (TPSA) is 235 Å². The fourth-order valence-electron chi connectivity index (χ4n) is 6.27. The lowest BCUT2D eigenvalue weighted by molar-refractivity contribution is -0.158. The Morgan fingerprint density at radius 1 is 0.457 bits per heavy atom. The third-order valence-electron chi connectivity index (χ3n) is 10.0. The highest BCUT2D eigenvalue weighted by Gasteiger charge is 2.21. The molecular formula is C50H80N4O16. The third-order valence-corrected chi connectivity index (χ3v) is 10.0. The van der Waals surface area contributed by atoms with Gasteiger partial charge in [-0.25, -0.2) is 4.79 Å². The first-order chi connectivity index (χ1) is 34.3. The number of carbonyl (C=O) groups excluding carboxylic acids is 5. The molecule has 2 aromatic rings. The summed E-state index contributed by atoms with van der Waals surface area (Å²) in [6, 6.07) is 17.3. The number of aryl methyl sites for hydroxylation is 2. The van der Waals surface area contributed by atoms with Gasteiger partial charge in [0.1, 0.15) is 19.3 Å². The number of carbonyl (C=O) groups is 5. The van der Waals surface area contributed by atoms with Crippen LogP contribution in [0.2, 0.25) is 0 Å². The second-order valence-corrected chi connectivity index (χ2v) is 15.8. The summed E-state index contributed by atoms with van der Waals surface area (Å²) in [6.07, 6.45) is 5.66. The molecule has 20 nitrogen and oxygen atoms in total. The average molecular weight is 993 g/mol. The zero-order valence-corrected chi connectivity index (χ0v) is 41.5. The Morgan fingerprint density at radius 3 is 1.44 bits per heavy atom. The first-order valence-electron chi connectivity index (χ1n) is 24.3. The minimum Gasteiger partial charge on any atom is -0.382 e. The van der Waals surface area contributed by atoms with E-state index >= 15 is 0 Å². The number of hydrogen-bond donors (Lipinski definition) is 4. The lowest BCUT2D eigenvalue weighted by Crippen LogP contribution is -2.48. The minimum absolute atomic E-state index is 0.0499. The number of nitrogens with one attached hydrogen (secondary N) is 4. The number of hydroxylamine groups is 1. The maximum atomic E-state index is 13.2. The van der Waals surface area contributed by atoms with Crippen LogP contribution in [0.15, 0.2) is 54.6 Å². The van der Waals surface area contributed by atoms with Crippen molar-refractivity contribution in [3.05, 3.63) is 71.3 Å². The highest BCUT2D eigenvalue weighted by molar-refractivity contribution is 5.88. The van der Waals surface area contributed by atoms with E-state index in [-0.39, 0.29) is 71.2 Å². The summed E-state index contributed by atoms with van der Waals surface area (Å²) in [6.45, 7) is 6.44. The molecule has 0 unspecified atom stereocenters. The molecule has 4 N–H and O–H groups in total. The van der Waals surface area contributed by atoms with Gasteiger partial charge in [-0.3, -0.25) is 19.2 Å². The quantitative estimate of drug-likeness (QED) is 0.0551. The summed E-state index contributed by atoms with van der Waals surface area (Å²) >= 11 is 0. The predicted molar refractivity (Wildman–Crippen MR) is 259 cm³/mol. The Morgan fingerprint density at radius 2 is 0.914 bits per heavy atom. The van der Waals surface area contributed by atoms with Crippen LogP contribution in [0.5, 0.6) is 0 Å². The van der Waals surface area contributed by atoms with Crippen molar-refractivity contribution in [1.82, 2.24) is 21.4 Å². The van der Waals surface area contributed by atoms with Crippen molar-refractivity contribution in [2.45, 2.75) is 70.3 Å². The van der Waals surface area contributed by atoms with Gasteiger partial charge >= 0.3 is 5.97 Å². The van der Waals surface area contributed by atoms with Gasteiger partial charge in [-0.1, -0.05) is 54.6 Å². The molecule has 0 bridgehead atoms. The first-order valence-corrected chi connectivity index (χ1v) is 24.3. The standard InChI is InChI=1S/C50H80N4O16/c1-60-23-25-62-27-29-64-31-33-66-35-37-68-40-47(56)51-21-9-8-15-45(53-48(57)41-69-38-36-67-34-32-65-30-28-63-26-24-61-2)50(59)52-22-10-16-49(58)70-54-46(55)39-44-19-17-43(18-20-44)14-7-6-13-42-11-4-3-5-12-42/h3-5,11-12,17-20,45H,6-10,13-16,21-41H2,1-2H3,(H,51,56)(H,52,59)(H,53,57)(H,54,55)/t45-/m0/s1. The van der Waals surface area contributed by atoms with Gasteiger partial charge in [0.05, 0.1) is 112 Å². The van der Waals surface area contributed by atoms with E-state index < -0.39 is 29.7 Å². The van der Waals surface area contributed by atoms with Crippen molar-refractivity contribution in [2.75, 3.05) is 146 Å². The molecule has 1 atom stereocenters. The van der Waals surface area contributed by atoms with Gasteiger partial charge in [0, 0.05) is 33.7 Å². The molecule has 0 saturated carbocycles. The van der Waals surface area contributed by atoms with Crippen LogP contribution in [0, 0.1) is 0 Å². The molecule has 20 heteroatoms. The Hall–Kier alpha value is -4.61. The summed E-state index contributed by atoms with van der Waals surface area (Å²) in [5.41, 5.74) is 5.53. The molecule has 0 radical (unpaired) electrons. The molecule has 0 aliphatic heterocycles. The lowest BCUT2D eigenvalue weighted by atomic mass is 10.0. The van der Waals surface area contributed by atoms with E-state index in [0.29, 0.717) is 105 Å². The fourth-order valence-corrected chi connectivity index (χ4v) is 6.27. The van der Waals surface area contributed by atoms with E-state index in [0.717, 1.165) is 31.2 Å². The van der Waals surface area contributed by atoms with Crippen LogP contribution >= 0.6 is 0 Å². The molecular weight excluding hydrogens is 913 g/mol. The average Bonchev–Trinajstić information content (AvgIpc) is 3.36. The van der Waals surface area contributed by atoms with Crippen molar-refractivity contribution >= 4 is 29.6 Å². The van der Waals surface area contributed by atoms with Crippen LogP contribution in [0.4, 0.5) is 0 Å². The van der Waals surface area contributed by atoms with Crippen LogP contribution in [0.1, 0.15) is 61.6 Å². The van der Waals surface area contributed by atoms with Gasteiger partial charge in [-0.2, -0.15) is 5.48 Å². The highest BCUT2D eigenvalue weighted by atomic mass is 16.7. The molecule has 0 saturated heterocycles. The number of methoxy groups -OCH3 is 2. The maximum absolute atomic E-state index is 13.2. The SMILES string of the molecule is COCCOCCOCCOCCOCC(=O)NCCCC[C@H](NC(=O)COCCOCCOCCOCCOC)C(=O)NCCCC(=O)ONC(=O)Cc1ccc(CCCCc2ccccc2)cc1. The summed E-state index contributed by atoms with van der Waals surface area (Å²) < 4.78 is 53.0. The number of hydrogen-bond acceptors (Lipinski definition) is 16. The zero-order valence-electron chi connectivity index (χ0n) is 41.5. The number of benzene rings is 2. The van der Waals surface area contributed by atoms with Gasteiger partial charge in [0.25, 0.3) is 5.91 Å². The first kappa shape index (κ1) is 61.5. The molecule has 0 fully saturated rings. The van der Waals surface area contributed by atoms with Crippen LogP contribution in [-0.2, 0) is 95.4 Å². The predicted octanol–water partition coefficient (Wildman–Crippen LogP) is 2.46. The number of rotatable bonds is 46. The molecule has 4 amide bonds. The van der Waals surface area contributed by atoms with E-state index in [2.05, 4.69) is 45.7 Å². The lowest BCUT2D eigenvalue weighted by Gasteiger charge is -2.19. The Labute approximate surface area is 414 Å². The van der Waals surface area contributed by atoms with Gasteiger partial charge in [0.2, 0.25) is 17.7 Å². The molecule has 0 heterocycles. The van der Waals surface area contributed by atoms with Crippen molar-refractivity contribution in [1.29, 1.82) is 0 Å². The van der Waals surface area contributed by atoms with Gasteiger partial charge in [-0.15, -0.1) is 0 Å². The van der Waals surface area contributed by atoms with Crippen LogP contribution in [0.25, 0.3) is 0 Å². The van der Waals surface area contributed by atoms with Gasteiger partial charge in [-0.05, 0) is 68.1 Å². The van der Waals surface area contributed by atoms with Crippen LogP contribution < -0.4 is 21.4 Å². The molecule has 2 rings (SSSR count). The molecule has 0 aliphatic carbocycles. The molecule has 396 valence electrons. The zero-order chi connectivity index (χ0) is 50.4. The molecule has 70 heavy (non-hydrogen) atoms. The summed E-state index contributed by atoms with van der Waals surface area (Å²) in [5, 5.41) is 8.26. The third kappa shape index (κ3) is 36.3. The largest absolute Gasteiger partial charge is 0.382 e. The number of unbranched alkanes of at least 4 members (excludes halogenated alkanes) is 2. The summed E-state index contributed by atoms with van der Waals surface area (Å²) in [4.78, 5) is 68.1. The van der Waals surface area contributed by atoms with Crippen molar-refractivity contribution < 1.29 is 76.2 Å². The van der Waals surface area contributed by atoms with E-state index in [4.69, 9.17) is 52.2 Å². The minimum atomic E-state index is -0.901. The normalized spacial score (nSPS) is 11.5. The van der Waals surface area contributed by atoms with E-state index in [1.54, 1.807) is 14.2 Å². The van der Waals surface area contributed by atoms with Gasteiger partial charge < -0.3 is 68.2 Å². The Bertz CT molecular complexity index is 1630. The second-order valence-electron chi connectivity index (χ2n) is 15.8. The van der Waals surface area contributed by atoms with E-state index in [9.17, 15) is 24.0 Å². The Balaban J connectivity index is 1.65. The van der Waals surface area contributed by atoms with Crippen molar-refractivity contribution in [3.8, 4) is 0 Å². The smallest absolute Gasteiger partial charge is 0.332 e. The van der Waals surface area contributed by atoms with Crippen molar-refractivity contribution in [2.24, 2.45) is 0 Å². The summed E-state index contributed by atoms with van der Waals surface area (Å²) in [7, 11) is 3.22. The monoisotopic (exact) mass is 993 g/mol. The molecule has 0 aliphatic rings.